The maximum atomic E-state index is 13.6. The summed E-state index contributed by atoms with van der Waals surface area (Å²) < 4.78 is 0. The molecule has 0 unspecified atom stereocenters. The SMILES string of the molecule is C=C1C=C(C)c2cc(NC(=O)c3cc(CN4CCN(C)CC4)ccc3N3CCCC3)ccc2N1.Cc1cc(=O)[nH]c2ccc(NC(=O)c3cc(CN4CCN(C)CC4)ccc3N3CCCC3)cc12. The van der Waals surface area contributed by atoms with Gasteiger partial charge in [0.2, 0.25) is 5.56 Å². The number of hydrogen-bond donors (Lipinski definition) is 4. The second-order valence-corrected chi connectivity index (χ2v) is 19.5. The van der Waals surface area contributed by atoms with Crippen LogP contribution >= 0.6 is 0 Å². The van der Waals surface area contributed by atoms with Crippen LogP contribution in [-0.2, 0) is 13.1 Å². The number of allylic oxidation sites excluding steroid dienone is 2. The summed E-state index contributed by atoms with van der Waals surface area (Å²) in [5.41, 5.74) is 13.1. The minimum Gasteiger partial charge on any atom is -0.371 e. The van der Waals surface area contributed by atoms with Gasteiger partial charge < -0.3 is 40.5 Å². The largest absolute Gasteiger partial charge is 0.371 e. The highest BCUT2D eigenvalue weighted by Crippen LogP contribution is 2.34. The molecule has 13 nitrogen and oxygen atoms in total. The van der Waals surface area contributed by atoms with Crippen LogP contribution in [0.25, 0.3) is 16.5 Å². The molecule has 0 spiro atoms. The van der Waals surface area contributed by atoms with Crippen LogP contribution in [0.5, 0.6) is 0 Å². The van der Waals surface area contributed by atoms with Crippen LogP contribution < -0.4 is 31.3 Å². The number of aromatic nitrogens is 1. The van der Waals surface area contributed by atoms with E-state index in [1.807, 2.05) is 49.4 Å². The number of anilines is 5. The van der Waals surface area contributed by atoms with Gasteiger partial charge in [0.1, 0.15) is 0 Å². The molecule has 0 atom stereocenters. The molecule has 10 rings (SSSR count). The molecule has 1 aromatic heterocycles. The lowest BCUT2D eigenvalue weighted by Crippen LogP contribution is -2.43. The number of nitrogens with one attached hydrogen (secondary N) is 4. The second kappa shape index (κ2) is 20.9. The van der Waals surface area contributed by atoms with Crippen LogP contribution in [0.15, 0.2) is 102 Å². The molecule has 5 aromatic rings. The van der Waals surface area contributed by atoms with Crippen molar-refractivity contribution >= 4 is 56.7 Å². The third kappa shape index (κ3) is 11.2. The van der Waals surface area contributed by atoms with E-state index in [-0.39, 0.29) is 17.4 Å². The van der Waals surface area contributed by atoms with E-state index in [0.29, 0.717) is 0 Å². The van der Waals surface area contributed by atoms with Crippen molar-refractivity contribution in [3.8, 4) is 0 Å². The number of pyridine rings is 1. The van der Waals surface area contributed by atoms with Crippen molar-refractivity contribution in [2.75, 3.05) is 118 Å². The average Bonchev–Trinajstić information content (AvgIpc) is 4.08. The number of aromatic amines is 1. The Labute approximate surface area is 401 Å². The first-order chi connectivity index (χ1) is 32.9. The molecule has 13 heteroatoms. The Hall–Kier alpha value is -6.25. The Morgan fingerprint density at radius 3 is 1.63 bits per heavy atom. The van der Waals surface area contributed by atoms with E-state index in [4.69, 9.17) is 0 Å². The molecule has 4 saturated heterocycles. The molecule has 4 fully saturated rings. The van der Waals surface area contributed by atoms with Gasteiger partial charge in [-0.1, -0.05) is 18.7 Å². The molecule has 5 aliphatic heterocycles. The number of fused-ring (bicyclic) bond motifs is 2. The lowest BCUT2D eigenvalue weighted by atomic mass is 10.00. The van der Waals surface area contributed by atoms with Crippen molar-refractivity contribution in [1.29, 1.82) is 0 Å². The molecule has 5 aliphatic rings. The topological polar surface area (TPSA) is 123 Å². The van der Waals surface area contributed by atoms with Gasteiger partial charge in [-0.15, -0.1) is 0 Å². The van der Waals surface area contributed by atoms with Crippen molar-refractivity contribution in [3.05, 3.63) is 141 Å². The number of hydrogen-bond acceptors (Lipinski definition) is 10. The quantitative estimate of drug-likeness (QED) is 0.110. The lowest BCUT2D eigenvalue weighted by Gasteiger charge is -2.32. The zero-order valence-corrected chi connectivity index (χ0v) is 40.4. The number of carbonyl (C=O) groups excluding carboxylic acids is 2. The molecule has 6 heterocycles. The fourth-order valence-electron chi connectivity index (χ4n) is 10.2. The van der Waals surface area contributed by atoms with Gasteiger partial charge >= 0.3 is 0 Å². The summed E-state index contributed by atoms with van der Waals surface area (Å²) in [6, 6.07) is 26.1. The Morgan fingerprint density at radius 2 is 1.10 bits per heavy atom. The van der Waals surface area contributed by atoms with Crippen LogP contribution in [-0.4, -0.2) is 129 Å². The first-order valence-corrected chi connectivity index (χ1v) is 24.5. The van der Waals surface area contributed by atoms with Crippen molar-refractivity contribution in [2.24, 2.45) is 0 Å². The molecule has 0 radical (unpaired) electrons. The highest BCUT2D eigenvalue weighted by molar-refractivity contribution is 6.10. The molecule has 356 valence electrons. The maximum absolute atomic E-state index is 13.6. The summed E-state index contributed by atoms with van der Waals surface area (Å²) in [7, 11) is 4.34. The van der Waals surface area contributed by atoms with Gasteiger partial charge in [-0.2, -0.15) is 0 Å². The van der Waals surface area contributed by atoms with Gasteiger partial charge in [0.15, 0.2) is 0 Å². The summed E-state index contributed by atoms with van der Waals surface area (Å²) in [5, 5.41) is 10.5. The predicted octanol–water partition coefficient (Wildman–Crippen LogP) is 8.07. The highest BCUT2D eigenvalue weighted by atomic mass is 16.2. The summed E-state index contributed by atoms with van der Waals surface area (Å²) in [4.78, 5) is 56.1. The molecule has 0 aliphatic carbocycles. The zero-order valence-electron chi connectivity index (χ0n) is 40.4. The van der Waals surface area contributed by atoms with Gasteiger partial charge in [0, 0.05) is 148 Å². The third-order valence-corrected chi connectivity index (χ3v) is 14.2. The summed E-state index contributed by atoms with van der Waals surface area (Å²) in [6.07, 6.45) is 6.71. The maximum Gasteiger partial charge on any atom is 0.257 e. The number of likely N-dealkylation sites (N-methyl/N-ethyl adjacent to an activating group) is 2. The first kappa shape index (κ1) is 46.8. The van der Waals surface area contributed by atoms with E-state index < -0.39 is 0 Å². The zero-order chi connectivity index (χ0) is 47.3. The average molecular weight is 917 g/mol. The Kier molecular flexibility index (Phi) is 14.4. The normalized spacial score (nSPS) is 18.2. The molecule has 4 aromatic carbocycles. The molecule has 0 saturated carbocycles. The van der Waals surface area contributed by atoms with E-state index in [0.717, 1.165) is 177 Å². The number of amides is 2. The summed E-state index contributed by atoms with van der Waals surface area (Å²) in [6.45, 7) is 22.3. The molecular formula is C55H68N10O3. The minimum atomic E-state index is -0.116. The van der Waals surface area contributed by atoms with Gasteiger partial charge in [-0.3, -0.25) is 24.2 Å². The molecule has 2 amide bonds. The predicted molar refractivity (Wildman–Crippen MR) is 279 cm³/mol. The Balaban J connectivity index is 0.000000170. The smallest absolute Gasteiger partial charge is 0.257 e. The van der Waals surface area contributed by atoms with Crippen molar-refractivity contribution in [1.82, 2.24) is 24.6 Å². The van der Waals surface area contributed by atoms with Crippen LogP contribution in [0.3, 0.4) is 0 Å². The minimum absolute atomic E-state index is 0.0445. The van der Waals surface area contributed by atoms with Crippen LogP contribution in [0.2, 0.25) is 0 Å². The van der Waals surface area contributed by atoms with Crippen molar-refractivity contribution < 1.29 is 9.59 Å². The Bertz CT molecular complexity index is 2750. The summed E-state index contributed by atoms with van der Waals surface area (Å²) in [5.74, 6) is -0.138. The van der Waals surface area contributed by atoms with E-state index in [2.05, 4.69) is 114 Å². The third-order valence-electron chi connectivity index (χ3n) is 14.2. The number of piperazine rings is 2. The van der Waals surface area contributed by atoms with Gasteiger partial charge in [-0.05, 0) is 143 Å². The first-order valence-electron chi connectivity index (χ1n) is 24.5. The van der Waals surface area contributed by atoms with E-state index in [1.54, 1.807) is 6.07 Å². The van der Waals surface area contributed by atoms with E-state index in [9.17, 15) is 14.4 Å². The number of benzene rings is 4. The van der Waals surface area contributed by atoms with Crippen molar-refractivity contribution in [2.45, 2.75) is 52.6 Å². The number of H-pyrrole nitrogens is 1. The lowest BCUT2D eigenvalue weighted by molar-refractivity contribution is 0.101. The second-order valence-electron chi connectivity index (χ2n) is 19.5. The van der Waals surface area contributed by atoms with Crippen LogP contribution in [0.1, 0.15) is 75.6 Å². The number of nitrogens with zero attached hydrogens (tertiary/aromatic N) is 6. The molecule has 68 heavy (non-hydrogen) atoms. The van der Waals surface area contributed by atoms with Crippen LogP contribution in [0.4, 0.5) is 28.4 Å². The van der Waals surface area contributed by atoms with Gasteiger partial charge in [0.05, 0.1) is 11.1 Å². The van der Waals surface area contributed by atoms with Gasteiger partial charge in [0.25, 0.3) is 11.8 Å². The standard InChI is InChI=1S/C28H35N5O.C27H33N5O2/c1-20-16-21(2)29-26-8-7-23(18-24(20)26)30-28(34)25-17-22(19-32-14-12-31(3)13-15-32)6-9-27(25)33-10-4-5-11-33;1-19-15-26(33)29-24-7-6-21(17-22(19)24)28-27(34)23-16-20(18-31-13-11-30(2)12-14-31)5-8-25(23)32-9-3-4-10-32/h6-9,16-18,29H,2,4-5,10-15,19H2,1,3H3,(H,30,34);5-8,15-17H,3-4,9-14,18H2,1-2H3,(H,28,34)(H,29,33). The summed E-state index contributed by atoms with van der Waals surface area (Å²) >= 11 is 0. The van der Waals surface area contributed by atoms with Gasteiger partial charge in [-0.25, -0.2) is 0 Å². The number of rotatable bonds is 10. The number of carbonyl (C=O) groups is 2. The fraction of sp³-hybridized carbons (Fsp3) is 0.400. The van der Waals surface area contributed by atoms with Crippen molar-refractivity contribution in [3.63, 3.8) is 0 Å². The van der Waals surface area contributed by atoms with E-state index in [1.165, 1.54) is 24.0 Å². The van der Waals surface area contributed by atoms with Crippen LogP contribution in [0, 0.1) is 6.92 Å². The number of aryl methyl sites for hydroxylation is 1. The van der Waals surface area contributed by atoms with E-state index >= 15 is 0 Å². The molecular weight excluding hydrogens is 849 g/mol. The highest BCUT2D eigenvalue weighted by Gasteiger charge is 2.24. The fourth-order valence-corrected chi connectivity index (χ4v) is 10.2. The molecule has 4 N–H and O–H groups in total. The Morgan fingerprint density at radius 1 is 0.603 bits per heavy atom. The monoisotopic (exact) mass is 917 g/mol. The molecule has 0 bridgehead atoms.